The molecule has 0 aliphatic rings. The monoisotopic (exact) mass is 248 g/mol. The molecular formula is C13H12OS2. The molecule has 0 aliphatic carbocycles. The van der Waals surface area contributed by atoms with Crippen LogP contribution in [0.15, 0.2) is 41.3 Å². The maximum atomic E-state index is 10.6. The highest BCUT2D eigenvalue weighted by Gasteiger charge is 2.02. The van der Waals surface area contributed by atoms with Crippen molar-refractivity contribution in [3.05, 3.63) is 51.7 Å². The van der Waals surface area contributed by atoms with E-state index < -0.39 is 0 Å². The average Bonchev–Trinajstić information content (AvgIpc) is 2.76. The number of rotatable bonds is 4. The Hall–Kier alpha value is -1.06. The smallest absolute Gasteiger partial charge is 0.160 e. The molecule has 0 saturated carbocycles. The summed E-state index contributed by atoms with van der Waals surface area (Å²) in [6.45, 7) is 2.12. The molecule has 0 saturated heterocycles. The van der Waals surface area contributed by atoms with E-state index in [1.54, 1.807) is 11.3 Å². The van der Waals surface area contributed by atoms with E-state index in [-0.39, 0.29) is 0 Å². The minimum absolute atomic E-state index is 0.806. The molecule has 0 radical (unpaired) electrons. The van der Waals surface area contributed by atoms with Gasteiger partial charge in [-0.1, -0.05) is 18.2 Å². The highest BCUT2D eigenvalue weighted by atomic mass is 32.2. The zero-order valence-electron chi connectivity index (χ0n) is 8.97. The third kappa shape index (κ3) is 2.74. The predicted octanol–water partition coefficient (Wildman–Crippen LogP) is 4.16. The van der Waals surface area contributed by atoms with Gasteiger partial charge >= 0.3 is 0 Å². The molecule has 2 aromatic rings. The Balaban J connectivity index is 2.02. The molecule has 1 nitrogen and oxygen atoms in total. The molecule has 0 fully saturated rings. The highest BCUT2D eigenvalue weighted by Crippen LogP contribution is 2.28. The molecule has 0 N–H and O–H groups in total. The van der Waals surface area contributed by atoms with Crippen molar-refractivity contribution >= 4 is 29.4 Å². The number of benzene rings is 1. The van der Waals surface area contributed by atoms with Crippen LogP contribution in [-0.2, 0) is 5.75 Å². The first-order valence-electron chi connectivity index (χ1n) is 5.02. The zero-order chi connectivity index (χ0) is 11.4. The number of aryl methyl sites for hydroxylation is 1. The molecule has 0 aliphatic heterocycles. The van der Waals surface area contributed by atoms with E-state index in [1.807, 2.05) is 23.9 Å². The molecule has 0 bridgehead atoms. The summed E-state index contributed by atoms with van der Waals surface area (Å²) in [6.07, 6.45) is 0.909. The molecule has 3 heteroatoms. The molecule has 0 amide bonds. The van der Waals surface area contributed by atoms with E-state index >= 15 is 0 Å². The number of hydrogen-bond acceptors (Lipinski definition) is 3. The van der Waals surface area contributed by atoms with Crippen LogP contribution in [0, 0.1) is 6.92 Å². The Morgan fingerprint density at radius 3 is 2.75 bits per heavy atom. The van der Waals surface area contributed by atoms with Gasteiger partial charge in [-0.3, -0.25) is 4.79 Å². The molecule has 1 aromatic carbocycles. The van der Waals surface area contributed by atoms with Crippen LogP contribution in [0.2, 0.25) is 0 Å². The summed E-state index contributed by atoms with van der Waals surface area (Å²) in [4.78, 5) is 13.9. The van der Waals surface area contributed by atoms with Crippen LogP contribution in [0.25, 0.3) is 0 Å². The SMILES string of the molecule is Cc1ccccc1SCc1ccc(C=O)s1. The minimum Gasteiger partial charge on any atom is -0.297 e. The van der Waals surface area contributed by atoms with Crippen LogP contribution in [0.3, 0.4) is 0 Å². The normalized spacial score (nSPS) is 10.3. The maximum Gasteiger partial charge on any atom is 0.160 e. The summed E-state index contributed by atoms with van der Waals surface area (Å²) < 4.78 is 0. The van der Waals surface area contributed by atoms with Crippen LogP contribution >= 0.6 is 23.1 Å². The number of aldehydes is 1. The van der Waals surface area contributed by atoms with E-state index in [4.69, 9.17) is 0 Å². The van der Waals surface area contributed by atoms with E-state index in [0.717, 1.165) is 16.9 Å². The lowest BCUT2D eigenvalue weighted by atomic mass is 10.2. The van der Waals surface area contributed by atoms with E-state index in [9.17, 15) is 4.79 Å². The lowest BCUT2D eigenvalue weighted by Gasteiger charge is -2.03. The van der Waals surface area contributed by atoms with Gasteiger partial charge in [0.25, 0.3) is 0 Å². The number of carbonyl (C=O) groups excluding carboxylic acids is 1. The van der Waals surface area contributed by atoms with Crippen molar-refractivity contribution in [2.45, 2.75) is 17.6 Å². The van der Waals surface area contributed by atoms with Gasteiger partial charge in [0.15, 0.2) is 6.29 Å². The molecule has 0 unspecified atom stereocenters. The quantitative estimate of drug-likeness (QED) is 0.597. The summed E-state index contributed by atoms with van der Waals surface area (Å²) in [5, 5.41) is 0. The summed E-state index contributed by atoms with van der Waals surface area (Å²) in [6, 6.07) is 12.3. The first-order chi connectivity index (χ1) is 7.79. The third-order valence-corrected chi connectivity index (χ3v) is 4.68. The maximum absolute atomic E-state index is 10.6. The van der Waals surface area contributed by atoms with Crippen molar-refractivity contribution < 1.29 is 4.79 Å². The van der Waals surface area contributed by atoms with Crippen LogP contribution < -0.4 is 0 Å². The van der Waals surface area contributed by atoms with Gasteiger partial charge in [-0.05, 0) is 30.7 Å². The van der Waals surface area contributed by atoms with Crippen LogP contribution in [0.1, 0.15) is 20.1 Å². The first kappa shape index (κ1) is 11.4. The van der Waals surface area contributed by atoms with Gasteiger partial charge in [-0.15, -0.1) is 23.1 Å². The van der Waals surface area contributed by atoms with Gasteiger partial charge in [0.05, 0.1) is 4.88 Å². The number of thioether (sulfide) groups is 1. The van der Waals surface area contributed by atoms with Crippen LogP contribution in [0.4, 0.5) is 0 Å². The fourth-order valence-electron chi connectivity index (χ4n) is 1.40. The van der Waals surface area contributed by atoms with Crippen LogP contribution in [0.5, 0.6) is 0 Å². The van der Waals surface area contributed by atoms with Crippen molar-refractivity contribution in [2.75, 3.05) is 0 Å². The fourth-order valence-corrected chi connectivity index (χ4v) is 3.30. The van der Waals surface area contributed by atoms with Gasteiger partial charge in [0.1, 0.15) is 0 Å². The molecule has 1 aromatic heterocycles. The Labute approximate surface area is 104 Å². The number of carbonyl (C=O) groups is 1. The van der Waals surface area contributed by atoms with E-state index in [1.165, 1.54) is 15.3 Å². The Morgan fingerprint density at radius 2 is 2.06 bits per heavy atom. The first-order valence-corrected chi connectivity index (χ1v) is 6.82. The van der Waals surface area contributed by atoms with Gasteiger partial charge < -0.3 is 0 Å². The minimum atomic E-state index is 0.806. The second-order valence-electron chi connectivity index (χ2n) is 3.48. The standard InChI is InChI=1S/C13H12OS2/c1-10-4-2-3-5-13(10)15-9-12-7-6-11(8-14)16-12/h2-8H,9H2,1H3. The highest BCUT2D eigenvalue weighted by molar-refractivity contribution is 7.98. The molecule has 1 heterocycles. The molecule has 2 rings (SSSR count). The summed E-state index contributed by atoms with van der Waals surface area (Å²) in [7, 11) is 0. The Bertz CT molecular complexity index is 488. The molecule has 0 atom stereocenters. The van der Waals surface area contributed by atoms with Crippen molar-refractivity contribution in [1.29, 1.82) is 0 Å². The van der Waals surface area contributed by atoms with Crippen molar-refractivity contribution in [3.8, 4) is 0 Å². The topological polar surface area (TPSA) is 17.1 Å². The van der Waals surface area contributed by atoms with Crippen molar-refractivity contribution in [3.63, 3.8) is 0 Å². The van der Waals surface area contributed by atoms with Gasteiger partial charge in [0, 0.05) is 15.5 Å². The lowest BCUT2D eigenvalue weighted by Crippen LogP contribution is -1.79. The van der Waals surface area contributed by atoms with E-state index in [0.29, 0.717) is 0 Å². The van der Waals surface area contributed by atoms with Gasteiger partial charge in [-0.2, -0.15) is 0 Å². The second-order valence-corrected chi connectivity index (χ2v) is 5.69. The number of thiophene rings is 1. The molecule has 0 spiro atoms. The summed E-state index contributed by atoms with van der Waals surface area (Å²) >= 11 is 3.39. The fraction of sp³-hybridized carbons (Fsp3) is 0.154. The lowest BCUT2D eigenvalue weighted by molar-refractivity contribution is 0.112. The average molecular weight is 248 g/mol. The largest absolute Gasteiger partial charge is 0.297 e. The summed E-state index contributed by atoms with van der Waals surface area (Å²) in [5.74, 6) is 0.934. The van der Waals surface area contributed by atoms with Crippen LogP contribution in [-0.4, -0.2) is 6.29 Å². The van der Waals surface area contributed by atoms with Crippen molar-refractivity contribution in [2.24, 2.45) is 0 Å². The zero-order valence-corrected chi connectivity index (χ0v) is 10.6. The predicted molar refractivity (Wildman–Crippen MR) is 70.4 cm³/mol. The molecular weight excluding hydrogens is 236 g/mol. The molecule has 16 heavy (non-hydrogen) atoms. The van der Waals surface area contributed by atoms with Gasteiger partial charge in [0.2, 0.25) is 0 Å². The Kier molecular flexibility index (Phi) is 3.80. The second kappa shape index (κ2) is 5.32. The number of hydrogen-bond donors (Lipinski definition) is 0. The third-order valence-electron chi connectivity index (χ3n) is 2.26. The van der Waals surface area contributed by atoms with Gasteiger partial charge in [-0.25, -0.2) is 0 Å². The summed E-state index contributed by atoms with van der Waals surface area (Å²) in [5.41, 5.74) is 1.31. The van der Waals surface area contributed by atoms with Crippen molar-refractivity contribution in [1.82, 2.24) is 0 Å². The Morgan fingerprint density at radius 1 is 1.25 bits per heavy atom. The van der Waals surface area contributed by atoms with E-state index in [2.05, 4.69) is 31.2 Å². The molecule has 82 valence electrons.